The highest BCUT2D eigenvalue weighted by Gasteiger charge is 2.61. The molecule has 2 aliphatic heterocycles. The minimum Gasteiger partial charge on any atom is -0.459 e. The number of imidazole rings is 1. The van der Waals surface area contributed by atoms with E-state index in [2.05, 4.69) is 23.9 Å². The molecule has 0 bridgehead atoms. The zero-order valence-electron chi connectivity index (χ0n) is 31.4. The number of hydrogen-bond acceptors (Lipinski definition) is 9. The lowest BCUT2D eigenvalue weighted by molar-refractivity contribution is -0.140. The lowest BCUT2D eigenvalue weighted by Gasteiger charge is -2.30. The normalized spacial score (nSPS) is 26.7. The molecule has 0 radical (unpaired) electrons. The maximum absolute atomic E-state index is 14.5. The zero-order valence-corrected chi connectivity index (χ0v) is 32.2. The van der Waals surface area contributed by atoms with Crippen LogP contribution in [0.25, 0.3) is 11.0 Å². The van der Waals surface area contributed by atoms with E-state index < -0.39 is 57.3 Å². The van der Waals surface area contributed by atoms with Gasteiger partial charge in [0.05, 0.1) is 29.0 Å². The predicted molar refractivity (Wildman–Crippen MR) is 195 cm³/mol. The van der Waals surface area contributed by atoms with E-state index >= 15 is 0 Å². The largest absolute Gasteiger partial charge is 0.459 e. The number of carbonyl (C=O) groups excluding carboxylic acids is 4. The Morgan fingerprint density at radius 1 is 1.12 bits per heavy atom. The molecule has 2 aromatic rings. The van der Waals surface area contributed by atoms with E-state index in [1.54, 1.807) is 20.8 Å². The Balaban J connectivity index is 1.49. The lowest BCUT2D eigenvalue weighted by atomic mass is 9.91. The molecule has 15 heteroatoms. The summed E-state index contributed by atoms with van der Waals surface area (Å²) in [6.45, 7) is 10.1. The second kappa shape index (κ2) is 15.6. The number of allylic oxidation sites excluding steroid dienone is 2. The number of benzene rings is 1. The van der Waals surface area contributed by atoms with Gasteiger partial charge in [0.1, 0.15) is 17.7 Å². The number of ether oxygens (including phenoxy) is 2. The lowest BCUT2D eigenvalue weighted by Crippen LogP contribution is -2.53. The summed E-state index contributed by atoms with van der Waals surface area (Å²) in [5, 5.41) is 2.77. The van der Waals surface area contributed by atoms with Crippen molar-refractivity contribution in [2.24, 2.45) is 17.3 Å². The molecule has 3 heterocycles. The molecule has 2 N–H and O–H groups in total. The Kier molecular flexibility index (Phi) is 11.7. The summed E-state index contributed by atoms with van der Waals surface area (Å²) >= 11 is 0. The van der Waals surface area contributed by atoms with E-state index in [-0.39, 0.29) is 37.0 Å². The molecule has 3 amide bonds. The van der Waals surface area contributed by atoms with Gasteiger partial charge >= 0.3 is 16.3 Å². The van der Waals surface area contributed by atoms with Crippen molar-refractivity contribution >= 4 is 44.9 Å². The molecule has 14 nitrogen and oxygen atoms in total. The van der Waals surface area contributed by atoms with Gasteiger partial charge in [0, 0.05) is 33.5 Å². The Hall–Kier alpha value is -3.98. The first kappa shape index (κ1) is 39.2. The van der Waals surface area contributed by atoms with Gasteiger partial charge in [-0.2, -0.15) is 17.7 Å². The van der Waals surface area contributed by atoms with E-state index in [4.69, 9.17) is 14.5 Å². The molecular formula is C37H54N6O8S. The van der Waals surface area contributed by atoms with Crippen molar-refractivity contribution in [3.63, 3.8) is 0 Å². The van der Waals surface area contributed by atoms with Crippen molar-refractivity contribution in [1.82, 2.24) is 28.8 Å². The predicted octanol–water partition coefficient (Wildman–Crippen LogP) is 4.34. The highest BCUT2D eigenvalue weighted by Crippen LogP contribution is 2.57. The highest BCUT2D eigenvalue weighted by atomic mass is 32.2. The summed E-state index contributed by atoms with van der Waals surface area (Å²) in [5.41, 5.74) is -0.416. The first-order valence-corrected chi connectivity index (χ1v) is 19.7. The number of fused-ring (bicyclic) bond motifs is 3. The third-order valence-corrected chi connectivity index (χ3v) is 11.3. The van der Waals surface area contributed by atoms with Crippen LogP contribution in [-0.2, 0) is 35.9 Å². The van der Waals surface area contributed by atoms with Crippen LogP contribution in [0.3, 0.4) is 0 Å². The van der Waals surface area contributed by atoms with Crippen LogP contribution in [0.2, 0.25) is 0 Å². The smallest absolute Gasteiger partial charge is 0.408 e. The monoisotopic (exact) mass is 742 g/mol. The minimum absolute atomic E-state index is 0.0458. The van der Waals surface area contributed by atoms with Crippen LogP contribution >= 0.6 is 0 Å². The Bertz CT molecular complexity index is 1800. The first-order valence-electron chi connectivity index (χ1n) is 18.3. The molecule has 5 rings (SSSR count). The van der Waals surface area contributed by atoms with Crippen molar-refractivity contribution in [2.75, 3.05) is 20.6 Å². The van der Waals surface area contributed by atoms with Gasteiger partial charge < -0.3 is 19.7 Å². The Labute approximate surface area is 306 Å². The number of ketones is 1. The van der Waals surface area contributed by atoms with Crippen LogP contribution in [0.4, 0.5) is 4.79 Å². The molecule has 5 atom stereocenters. The van der Waals surface area contributed by atoms with Gasteiger partial charge in [-0.15, -0.1) is 0 Å². The fourth-order valence-corrected chi connectivity index (χ4v) is 7.71. The van der Waals surface area contributed by atoms with Gasteiger partial charge in [-0.3, -0.25) is 19.0 Å². The van der Waals surface area contributed by atoms with Crippen LogP contribution in [0.1, 0.15) is 86.0 Å². The molecule has 3 aliphatic rings. The summed E-state index contributed by atoms with van der Waals surface area (Å²) in [6, 6.07) is 6.12. The third-order valence-electron chi connectivity index (χ3n) is 9.86. The Morgan fingerprint density at radius 3 is 2.54 bits per heavy atom. The number of Topliss-reactive ketones (excluding diaryl/α,β-unsaturated/α-hetero) is 1. The second-order valence-corrected chi connectivity index (χ2v) is 17.8. The number of alkyl carbamates (subject to hydrolysis) is 1. The number of nitrogens with zero attached hydrogens (tertiary/aromatic N) is 4. The number of amides is 3. The number of carbonyl (C=O) groups is 4. The van der Waals surface area contributed by atoms with Gasteiger partial charge in [0.15, 0.2) is 5.78 Å². The van der Waals surface area contributed by atoms with Gasteiger partial charge in [0.25, 0.3) is 6.01 Å². The number of aromatic nitrogens is 2. The molecule has 52 heavy (non-hydrogen) atoms. The number of rotatable bonds is 8. The number of para-hydroxylation sites is 2. The Morgan fingerprint density at radius 2 is 1.85 bits per heavy atom. The first-order chi connectivity index (χ1) is 24.4. The second-order valence-electron chi connectivity index (χ2n) is 16.0. The van der Waals surface area contributed by atoms with Gasteiger partial charge in [-0.1, -0.05) is 51.0 Å². The molecular weight excluding hydrogens is 689 g/mol. The van der Waals surface area contributed by atoms with Crippen LogP contribution < -0.4 is 14.8 Å². The van der Waals surface area contributed by atoms with Gasteiger partial charge in [-0.25, -0.2) is 9.52 Å². The van der Waals surface area contributed by atoms with Crippen LogP contribution in [-0.4, -0.2) is 95.3 Å². The fourth-order valence-electron chi connectivity index (χ4n) is 7.09. The fraction of sp³-hybridized carbons (Fsp3) is 0.649. The molecule has 1 aromatic carbocycles. The van der Waals surface area contributed by atoms with Crippen molar-refractivity contribution in [2.45, 2.75) is 116 Å². The molecule has 286 valence electrons. The van der Waals surface area contributed by atoms with E-state index in [1.807, 2.05) is 41.0 Å². The SMILES string of the molecule is CC(C)Cn1c(O[C@@H]2C[C@H]3C(=O)C[C@]4(C(=O)NS(=O)(=O)N(C)C)C[C@@H]4/C=C\CCCCC[C@H](NC(=O)OC(C)(C)C)C(=O)N3C2)nc2ccccc21. The molecule has 2 fully saturated rings. The summed E-state index contributed by atoms with van der Waals surface area (Å²) in [7, 11) is -1.48. The van der Waals surface area contributed by atoms with E-state index in [0.29, 0.717) is 38.2 Å². The van der Waals surface area contributed by atoms with Crippen LogP contribution in [0.5, 0.6) is 6.01 Å². The van der Waals surface area contributed by atoms with Crippen LogP contribution in [0.15, 0.2) is 36.4 Å². The average Bonchev–Trinajstić information content (AvgIpc) is 3.40. The van der Waals surface area contributed by atoms with Crippen molar-refractivity contribution < 1.29 is 37.1 Å². The van der Waals surface area contributed by atoms with Crippen molar-refractivity contribution in [1.29, 1.82) is 0 Å². The van der Waals surface area contributed by atoms with Crippen molar-refractivity contribution in [3.05, 3.63) is 36.4 Å². The molecule has 0 spiro atoms. The minimum atomic E-state index is -4.11. The molecule has 1 aliphatic carbocycles. The zero-order chi connectivity index (χ0) is 38.0. The molecule has 1 saturated heterocycles. The standard InChI is InChI=1S/C37H54N6O8S/c1-24(2)22-43-29-18-14-13-16-27(29)38-34(43)50-26-19-30-31(44)21-37(33(46)40-52(48,49)41(6)7)20-25(37)15-11-9-8-10-12-17-28(32(45)42(30)23-26)39-35(47)51-36(3,4)5/h11,13-16,18,24-26,28,30H,8-10,12,17,19-23H2,1-7H3,(H,39,47)(H,40,46)/b15-11-/t25-,26+,28-,30-,37+/m0/s1. The summed E-state index contributed by atoms with van der Waals surface area (Å²) in [4.78, 5) is 61.8. The average molecular weight is 743 g/mol. The summed E-state index contributed by atoms with van der Waals surface area (Å²) in [5.74, 6) is -1.63. The molecule has 1 saturated carbocycles. The van der Waals surface area contributed by atoms with Gasteiger partial charge in [-0.05, 0) is 70.4 Å². The molecule has 1 aromatic heterocycles. The number of hydrogen-bond donors (Lipinski definition) is 2. The number of nitrogens with one attached hydrogen (secondary N) is 2. The van der Waals surface area contributed by atoms with E-state index in [1.165, 1.54) is 19.0 Å². The molecule has 0 unspecified atom stereocenters. The quantitative estimate of drug-likeness (QED) is 0.374. The summed E-state index contributed by atoms with van der Waals surface area (Å²) < 4.78 is 42.5. The summed E-state index contributed by atoms with van der Waals surface area (Å²) in [6.07, 6.45) is 5.96. The van der Waals surface area contributed by atoms with E-state index in [9.17, 15) is 27.6 Å². The van der Waals surface area contributed by atoms with Crippen LogP contribution in [0, 0.1) is 17.3 Å². The third kappa shape index (κ3) is 9.14. The van der Waals surface area contributed by atoms with E-state index in [0.717, 1.165) is 28.2 Å². The maximum Gasteiger partial charge on any atom is 0.408 e. The van der Waals surface area contributed by atoms with Crippen molar-refractivity contribution in [3.8, 4) is 6.01 Å². The highest BCUT2D eigenvalue weighted by molar-refractivity contribution is 7.87. The van der Waals surface area contributed by atoms with Gasteiger partial charge in [0.2, 0.25) is 11.8 Å². The maximum atomic E-state index is 14.5. The topological polar surface area (TPSA) is 169 Å².